The fourth-order valence-electron chi connectivity index (χ4n) is 3.82. The third-order valence-corrected chi connectivity index (χ3v) is 5.15. The normalized spacial score (nSPS) is 18.0. The number of fused-ring (bicyclic) bond motifs is 1. The number of hydrogen-bond donors (Lipinski definition) is 1. The first-order valence-electron chi connectivity index (χ1n) is 8.92. The van der Waals surface area contributed by atoms with Crippen molar-refractivity contribution < 1.29 is 4.79 Å². The average molecular weight is 337 g/mol. The molecule has 1 aliphatic heterocycles. The smallest absolute Gasteiger partial charge is 0.223 e. The SMILES string of the molecule is Cn1cnnc1[C@H]1CCCCN1C(=O)CCc1c[nH]c2ccccc12. The predicted molar refractivity (Wildman–Crippen MR) is 95.9 cm³/mol. The molecule has 0 aliphatic carbocycles. The Bertz CT molecular complexity index is 881. The van der Waals surface area contributed by atoms with E-state index in [9.17, 15) is 4.79 Å². The highest BCUT2D eigenvalue weighted by atomic mass is 16.2. The summed E-state index contributed by atoms with van der Waals surface area (Å²) in [4.78, 5) is 18.2. The summed E-state index contributed by atoms with van der Waals surface area (Å²) >= 11 is 0. The largest absolute Gasteiger partial charge is 0.361 e. The second-order valence-electron chi connectivity index (χ2n) is 6.76. The zero-order valence-electron chi connectivity index (χ0n) is 14.5. The van der Waals surface area contributed by atoms with Crippen LogP contribution in [0.25, 0.3) is 10.9 Å². The third kappa shape index (κ3) is 3.04. The Balaban J connectivity index is 1.48. The van der Waals surface area contributed by atoms with E-state index in [-0.39, 0.29) is 11.9 Å². The van der Waals surface area contributed by atoms with Crippen molar-refractivity contribution in [1.29, 1.82) is 0 Å². The van der Waals surface area contributed by atoms with Crippen LogP contribution in [0.2, 0.25) is 0 Å². The molecule has 3 aromatic rings. The number of H-pyrrole nitrogens is 1. The number of hydrogen-bond acceptors (Lipinski definition) is 3. The van der Waals surface area contributed by atoms with Crippen LogP contribution >= 0.6 is 0 Å². The van der Waals surface area contributed by atoms with Crippen LogP contribution in [0.5, 0.6) is 0 Å². The molecule has 0 bridgehead atoms. The van der Waals surface area contributed by atoms with Gasteiger partial charge >= 0.3 is 0 Å². The summed E-state index contributed by atoms with van der Waals surface area (Å²) in [6.07, 6.45) is 8.16. The number of aromatic nitrogens is 4. The van der Waals surface area contributed by atoms with E-state index in [1.54, 1.807) is 6.33 Å². The van der Waals surface area contributed by atoms with Crippen molar-refractivity contribution >= 4 is 16.8 Å². The fourth-order valence-corrected chi connectivity index (χ4v) is 3.82. The van der Waals surface area contributed by atoms with E-state index in [1.165, 1.54) is 10.9 Å². The molecule has 1 fully saturated rings. The minimum atomic E-state index is 0.0525. The molecule has 4 rings (SSSR count). The maximum Gasteiger partial charge on any atom is 0.223 e. The first-order chi connectivity index (χ1) is 12.2. The van der Waals surface area contributed by atoms with Crippen molar-refractivity contribution in [2.45, 2.75) is 38.1 Å². The quantitative estimate of drug-likeness (QED) is 0.796. The lowest BCUT2D eigenvalue weighted by molar-refractivity contribution is -0.135. The highest BCUT2D eigenvalue weighted by Gasteiger charge is 2.30. The molecule has 1 aliphatic rings. The van der Waals surface area contributed by atoms with Gasteiger partial charge in [-0.05, 0) is 37.3 Å². The van der Waals surface area contributed by atoms with Gasteiger partial charge in [0.15, 0.2) is 5.82 Å². The summed E-state index contributed by atoms with van der Waals surface area (Å²) in [5.74, 6) is 1.10. The number of carbonyl (C=O) groups is 1. The standard InChI is InChI=1S/C19H23N5O/c1-23-13-21-22-19(23)17-8-4-5-11-24(17)18(25)10-9-14-12-20-16-7-3-2-6-15(14)16/h2-3,6-7,12-13,17,20H,4-5,8-11H2,1H3/t17-/m1/s1. The van der Waals surface area contributed by atoms with Gasteiger partial charge in [0, 0.05) is 37.1 Å². The Labute approximate surface area is 146 Å². The molecule has 1 aromatic carbocycles. The Hall–Kier alpha value is -2.63. The van der Waals surface area contributed by atoms with E-state index >= 15 is 0 Å². The van der Waals surface area contributed by atoms with E-state index < -0.39 is 0 Å². The minimum absolute atomic E-state index is 0.0525. The molecular formula is C19H23N5O. The molecule has 2 aromatic heterocycles. The molecule has 1 N–H and O–H groups in total. The van der Waals surface area contributed by atoms with Gasteiger partial charge in [-0.2, -0.15) is 0 Å². The van der Waals surface area contributed by atoms with E-state index in [0.29, 0.717) is 6.42 Å². The number of para-hydroxylation sites is 1. The first-order valence-corrected chi connectivity index (χ1v) is 8.92. The molecule has 6 nitrogen and oxygen atoms in total. The second kappa shape index (κ2) is 6.70. The molecule has 6 heteroatoms. The van der Waals surface area contributed by atoms with Gasteiger partial charge in [0.2, 0.25) is 5.91 Å². The number of carbonyl (C=O) groups excluding carboxylic acids is 1. The number of aryl methyl sites for hydroxylation is 2. The molecule has 130 valence electrons. The van der Waals surface area contributed by atoms with Crippen LogP contribution in [0.15, 0.2) is 36.8 Å². The molecule has 0 radical (unpaired) electrons. The summed E-state index contributed by atoms with van der Waals surface area (Å²) in [5.41, 5.74) is 2.33. The van der Waals surface area contributed by atoms with Crippen LogP contribution in [-0.4, -0.2) is 37.1 Å². The molecule has 0 saturated carbocycles. The number of rotatable bonds is 4. The number of aromatic amines is 1. The van der Waals surface area contributed by atoms with Crippen molar-refractivity contribution in [2.75, 3.05) is 6.54 Å². The number of likely N-dealkylation sites (tertiary alicyclic amines) is 1. The summed E-state index contributed by atoms with van der Waals surface area (Å²) < 4.78 is 1.93. The summed E-state index contributed by atoms with van der Waals surface area (Å²) in [6.45, 7) is 0.810. The molecular weight excluding hydrogens is 314 g/mol. The maximum absolute atomic E-state index is 12.9. The Morgan fingerprint density at radius 3 is 3.04 bits per heavy atom. The third-order valence-electron chi connectivity index (χ3n) is 5.15. The number of nitrogens with zero attached hydrogens (tertiary/aromatic N) is 4. The molecule has 3 heterocycles. The van der Waals surface area contributed by atoms with Crippen LogP contribution in [0.1, 0.15) is 43.1 Å². The lowest BCUT2D eigenvalue weighted by Crippen LogP contribution is -2.39. The van der Waals surface area contributed by atoms with Crippen molar-refractivity contribution in [1.82, 2.24) is 24.6 Å². The topological polar surface area (TPSA) is 66.8 Å². The van der Waals surface area contributed by atoms with Crippen LogP contribution < -0.4 is 0 Å². The predicted octanol–water partition coefficient (Wildman–Crippen LogP) is 2.98. The van der Waals surface area contributed by atoms with Crippen molar-refractivity contribution in [3.63, 3.8) is 0 Å². The lowest BCUT2D eigenvalue weighted by Gasteiger charge is -2.35. The van der Waals surface area contributed by atoms with Gasteiger partial charge < -0.3 is 14.5 Å². The monoisotopic (exact) mass is 337 g/mol. The van der Waals surface area contributed by atoms with Gasteiger partial charge in [-0.1, -0.05) is 18.2 Å². The maximum atomic E-state index is 12.9. The van der Waals surface area contributed by atoms with Crippen LogP contribution in [0.3, 0.4) is 0 Å². The second-order valence-corrected chi connectivity index (χ2v) is 6.76. The summed E-state index contributed by atoms with van der Waals surface area (Å²) in [5, 5.41) is 9.43. The van der Waals surface area contributed by atoms with Gasteiger partial charge in [-0.25, -0.2) is 0 Å². The first kappa shape index (κ1) is 15.9. The summed E-state index contributed by atoms with van der Waals surface area (Å²) in [7, 11) is 1.94. The Morgan fingerprint density at radius 2 is 2.20 bits per heavy atom. The van der Waals surface area contributed by atoms with E-state index in [1.807, 2.05) is 34.8 Å². The zero-order chi connectivity index (χ0) is 17.2. The highest BCUT2D eigenvalue weighted by Crippen LogP contribution is 2.30. The van der Waals surface area contributed by atoms with Crippen LogP contribution in [0, 0.1) is 0 Å². The average Bonchev–Trinajstić information content (AvgIpc) is 3.26. The van der Waals surface area contributed by atoms with Gasteiger partial charge in [0.1, 0.15) is 6.33 Å². The molecule has 25 heavy (non-hydrogen) atoms. The fraction of sp³-hybridized carbons (Fsp3) is 0.421. The van der Waals surface area contributed by atoms with Crippen molar-refractivity contribution in [3.05, 3.63) is 48.2 Å². The van der Waals surface area contributed by atoms with Crippen molar-refractivity contribution in [2.24, 2.45) is 7.05 Å². The molecule has 1 amide bonds. The number of piperidine rings is 1. The van der Waals surface area contributed by atoms with Gasteiger partial charge in [-0.15, -0.1) is 10.2 Å². The van der Waals surface area contributed by atoms with Crippen LogP contribution in [-0.2, 0) is 18.3 Å². The number of benzene rings is 1. The molecule has 1 saturated heterocycles. The van der Waals surface area contributed by atoms with E-state index in [2.05, 4.69) is 27.3 Å². The van der Waals surface area contributed by atoms with E-state index in [0.717, 1.165) is 43.6 Å². The molecule has 1 atom stereocenters. The van der Waals surface area contributed by atoms with Gasteiger partial charge in [-0.3, -0.25) is 4.79 Å². The lowest BCUT2D eigenvalue weighted by atomic mass is 10.00. The highest BCUT2D eigenvalue weighted by molar-refractivity contribution is 5.84. The van der Waals surface area contributed by atoms with E-state index in [4.69, 9.17) is 0 Å². The van der Waals surface area contributed by atoms with Crippen LogP contribution in [0.4, 0.5) is 0 Å². The van der Waals surface area contributed by atoms with Gasteiger partial charge in [0.25, 0.3) is 0 Å². The summed E-state index contributed by atoms with van der Waals surface area (Å²) in [6, 6.07) is 8.28. The van der Waals surface area contributed by atoms with Crippen molar-refractivity contribution in [3.8, 4) is 0 Å². The minimum Gasteiger partial charge on any atom is -0.361 e. The molecule has 0 spiro atoms. The zero-order valence-corrected chi connectivity index (χ0v) is 14.5. The van der Waals surface area contributed by atoms with Gasteiger partial charge in [0.05, 0.1) is 6.04 Å². The Morgan fingerprint density at radius 1 is 1.32 bits per heavy atom. The number of amides is 1. The number of nitrogens with one attached hydrogen (secondary N) is 1. The molecule has 0 unspecified atom stereocenters. The Kier molecular flexibility index (Phi) is 4.26.